The fourth-order valence-electron chi connectivity index (χ4n) is 3.10. The van der Waals surface area contributed by atoms with E-state index in [1.807, 2.05) is 25.1 Å². The third-order valence-corrected chi connectivity index (χ3v) is 3.99. The second-order valence-corrected chi connectivity index (χ2v) is 5.92. The summed E-state index contributed by atoms with van der Waals surface area (Å²) in [5.74, 6) is 5.89. The van der Waals surface area contributed by atoms with Gasteiger partial charge in [0.1, 0.15) is 11.8 Å². The fourth-order valence-corrected chi connectivity index (χ4v) is 3.10. The van der Waals surface area contributed by atoms with Gasteiger partial charge in [-0.25, -0.2) is 5.84 Å². The summed E-state index contributed by atoms with van der Waals surface area (Å²) in [7, 11) is 1.65. The van der Waals surface area contributed by atoms with Crippen LogP contribution in [0.5, 0.6) is 5.75 Å². The maximum absolute atomic E-state index is 12.0. The lowest BCUT2D eigenvalue weighted by Gasteiger charge is -2.46. The van der Waals surface area contributed by atoms with Gasteiger partial charge in [-0.1, -0.05) is 6.08 Å². The van der Waals surface area contributed by atoms with E-state index in [1.165, 1.54) is 5.57 Å². The number of ether oxygens (including phenoxy) is 1. The van der Waals surface area contributed by atoms with E-state index >= 15 is 0 Å². The molecule has 0 unspecified atom stereocenters. The number of hydrogen-bond donors (Lipinski definition) is 2. The van der Waals surface area contributed by atoms with Gasteiger partial charge < -0.3 is 9.64 Å². The van der Waals surface area contributed by atoms with Crippen LogP contribution in [0.2, 0.25) is 0 Å². The van der Waals surface area contributed by atoms with Crippen molar-refractivity contribution in [2.75, 3.05) is 12.0 Å². The molecular formula is C16H23N3O2. The van der Waals surface area contributed by atoms with E-state index in [1.54, 1.807) is 7.11 Å². The van der Waals surface area contributed by atoms with E-state index in [2.05, 4.69) is 37.2 Å². The number of fused-ring (bicyclic) bond motifs is 1. The number of hydrogen-bond acceptors (Lipinski definition) is 4. The zero-order chi connectivity index (χ0) is 15.8. The van der Waals surface area contributed by atoms with E-state index < -0.39 is 0 Å². The smallest absolute Gasteiger partial charge is 0.256 e. The molecule has 1 aromatic rings. The summed E-state index contributed by atoms with van der Waals surface area (Å²) in [5, 5.41) is 0. The van der Waals surface area contributed by atoms with E-state index in [4.69, 9.17) is 10.6 Å². The van der Waals surface area contributed by atoms with Crippen LogP contribution >= 0.6 is 0 Å². The summed E-state index contributed by atoms with van der Waals surface area (Å²) < 4.78 is 5.30. The Hall–Kier alpha value is -2.01. The van der Waals surface area contributed by atoms with Crippen molar-refractivity contribution >= 4 is 17.2 Å². The van der Waals surface area contributed by atoms with Crippen molar-refractivity contribution in [3.05, 3.63) is 29.8 Å². The molecule has 1 heterocycles. The molecule has 0 aromatic heterocycles. The SMILES string of the molecule is COc1ccc2c(c1)C(C)=CC(C)(C)N2[C@@H](C)C(=O)NN. The van der Waals surface area contributed by atoms with Gasteiger partial charge in [-0.15, -0.1) is 0 Å². The van der Waals surface area contributed by atoms with Crippen LogP contribution in [-0.2, 0) is 4.79 Å². The Morgan fingerprint density at radius 1 is 1.43 bits per heavy atom. The predicted molar refractivity (Wildman–Crippen MR) is 85.0 cm³/mol. The standard InChI is InChI=1S/C16H23N3O2/c1-10-9-16(3,4)19(11(2)15(20)18-17)14-7-6-12(21-5)8-13(10)14/h6-9,11H,17H2,1-5H3,(H,18,20)/t11-/m0/s1. The minimum Gasteiger partial charge on any atom is -0.497 e. The molecule has 0 aliphatic carbocycles. The minimum atomic E-state index is -0.374. The quantitative estimate of drug-likeness (QED) is 0.508. The first-order valence-corrected chi connectivity index (χ1v) is 6.99. The monoisotopic (exact) mass is 289 g/mol. The maximum atomic E-state index is 12.0. The number of methoxy groups -OCH3 is 1. The van der Waals surface area contributed by atoms with Gasteiger partial charge in [0.15, 0.2) is 0 Å². The second-order valence-electron chi connectivity index (χ2n) is 5.92. The first kappa shape index (κ1) is 15.4. The third kappa shape index (κ3) is 2.61. The Bertz CT molecular complexity index is 593. The van der Waals surface area contributed by atoms with Gasteiger partial charge in [-0.3, -0.25) is 10.2 Å². The average Bonchev–Trinajstić information content (AvgIpc) is 2.44. The van der Waals surface area contributed by atoms with Crippen LogP contribution in [0.4, 0.5) is 5.69 Å². The number of hydrazine groups is 1. The normalized spacial score (nSPS) is 17.6. The highest BCUT2D eigenvalue weighted by Crippen LogP contribution is 2.41. The Morgan fingerprint density at radius 2 is 2.10 bits per heavy atom. The van der Waals surface area contributed by atoms with Gasteiger partial charge in [0.05, 0.1) is 12.6 Å². The lowest BCUT2D eigenvalue weighted by molar-refractivity contribution is -0.122. The molecule has 5 heteroatoms. The minimum absolute atomic E-state index is 0.210. The number of amides is 1. The molecule has 1 aromatic carbocycles. The summed E-state index contributed by atoms with van der Waals surface area (Å²) in [5.41, 5.74) is 5.22. The molecule has 1 amide bonds. The molecule has 0 spiro atoms. The summed E-state index contributed by atoms with van der Waals surface area (Å²) in [6.07, 6.45) is 2.16. The molecule has 1 aliphatic rings. The molecule has 0 saturated heterocycles. The first-order chi connectivity index (χ1) is 9.81. The number of nitrogens with two attached hydrogens (primary N) is 1. The first-order valence-electron chi connectivity index (χ1n) is 6.99. The van der Waals surface area contributed by atoms with Crippen LogP contribution in [0.15, 0.2) is 24.3 Å². The summed E-state index contributed by atoms with van der Waals surface area (Å²) in [6, 6.07) is 5.53. The van der Waals surface area contributed by atoms with Crippen LogP contribution < -0.4 is 20.9 Å². The van der Waals surface area contributed by atoms with Crippen LogP contribution in [0.25, 0.3) is 5.57 Å². The number of rotatable bonds is 3. The van der Waals surface area contributed by atoms with E-state index in [9.17, 15) is 4.79 Å². The van der Waals surface area contributed by atoms with Gasteiger partial charge in [0.25, 0.3) is 5.91 Å². The summed E-state index contributed by atoms with van der Waals surface area (Å²) >= 11 is 0. The van der Waals surface area contributed by atoms with E-state index in [-0.39, 0.29) is 17.5 Å². The Balaban J connectivity index is 2.58. The van der Waals surface area contributed by atoms with Crippen LogP contribution in [0.1, 0.15) is 33.3 Å². The lowest BCUT2D eigenvalue weighted by Crippen LogP contribution is -2.56. The number of carbonyl (C=O) groups excluding carboxylic acids is 1. The van der Waals surface area contributed by atoms with E-state index in [0.29, 0.717) is 0 Å². The van der Waals surface area contributed by atoms with Crippen LogP contribution in [0, 0.1) is 0 Å². The molecule has 1 aliphatic heterocycles. The van der Waals surface area contributed by atoms with Crippen LogP contribution in [0.3, 0.4) is 0 Å². The number of nitrogens with one attached hydrogen (secondary N) is 1. The Kier molecular flexibility index (Phi) is 3.96. The van der Waals surface area contributed by atoms with Gasteiger partial charge >= 0.3 is 0 Å². The van der Waals surface area contributed by atoms with Crippen molar-refractivity contribution in [3.8, 4) is 5.75 Å². The highest BCUT2D eigenvalue weighted by molar-refractivity contribution is 5.89. The highest BCUT2D eigenvalue weighted by Gasteiger charge is 2.37. The molecule has 1 atom stereocenters. The zero-order valence-corrected chi connectivity index (χ0v) is 13.2. The largest absolute Gasteiger partial charge is 0.497 e. The predicted octanol–water partition coefficient (Wildman–Crippen LogP) is 2.08. The van der Waals surface area contributed by atoms with Crippen molar-refractivity contribution in [1.29, 1.82) is 0 Å². The van der Waals surface area contributed by atoms with Crippen molar-refractivity contribution < 1.29 is 9.53 Å². The second kappa shape index (κ2) is 5.41. The molecule has 21 heavy (non-hydrogen) atoms. The number of anilines is 1. The average molecular weight is 289 g/mol. The van der Waals surface area contributed by atoms with Crippen molar-refractivity contribution in [1.82, 2.24) is 5.43 Å². The van der Waals surface area contributed by atoms with Gasteiger partial charge in [-0.05, 0) is 51.5 Å². The molecule has 114 valence electrons. The van der Waals surface area contributed by atoms with Crippen molar-refractivity contribution in [2.24, 2.45) is 5.84 Å². The van der Waals surface area contributed by atoms with Crippen molar-refractivity contribution in [2.45, 2.75) is 39.3 Å². The number of carbonyl (C=O) groups is 1. The number of nitrogens with zero attached hydrogens (tertiary/aromatic N) is 1. The van der Waals surface area contributed by atoms with Gasteiger partial charge in [-0.2, -0.15) is 0 Å². The fraction of sp³-hybridized carbons (Fsp3) is 0.438. The topological polar surface area (TPSA) is 67.6 Å². The zero-order valence-electron chi connectivity index (χ0n) is 13.2. The highest BCUT2D eigenvalue weighted by atomic mass is 16.5. The molecular weight excluding hydrogens is 266 g/mol. The van der Waals surface area contributed by atoms with Gasteiger partial charge in [0, 0.05) is 11.3 Å². The summed E-state index contributed by atoms with van der Waals surface area (Å²) in [6.45, 7) is 8.10. The molecule has 0 bridgehead atoms. The molecule has 2 rings (SSSR count). The van der Waals surface area contributed by atoms with E-state index in [0.717, 1.165) is 17.0 Å². The molecule has 0 radical (unpaired) electrons. The van der Waals surface area contributed by atoms with Gasteiger partial charge in [0.2, 0.25) is 0 Å². The molecule has 3 N–H and O–H groups in total. The third-order valence-electron chi connectivity index (χ3n) is 3.99. The Morgan fingerprint density at radius 3 is 2.67 bits per heavy atom. The van der Waals surface area contributed by atoms with Crippen LogP contribution in [-0.4, -0.2) is 24.6 Å². The lowest BCUT2D eigenvalue weighted by atomic mass is 9.87. The Labute approximate surface area is 125 Å². The summed E-state index contributed by atoms with van der Waals surface area (Å²) in [4.78, 5) is 14.1. The van der Waals surface area contributed by atoms with Crippen molar-refractivity contribution in [3.63, 3.8) is 0 Å². The molecule has 0 saturated carbocycles. The molecule has 5 nitrogen and oxygen atoms in total. The number of benzene rings is 1. The number of allylic oxidation sites excluding steroid dienone is 1. The molecule has 0 fully saturated rings. The maximum Gasteiger partial charge on any atom is 0.256 e.